The van der Waals surface area contributed by atoms with Crippen LogP contribution in [0.15, 0.2) is 27.9 Å². The number of amides is 1. The van der Waals surface area contributed by atoms with Crippen molar-refractivity contribution in [2.75, 3.05) is 6.61 Å². The number of hydrogen-bond donors (Lipinski definition) is 6. The molecule has 0 aliphatic heterocycles. The van der Waals surface area contributed by atoms with Crippen molar-refractivity contribution in [3.8, 4) is 0 Å². The molecule has 0 aliphatic carbocycles. The SMILES string of the molecule is O=C(N/N=C\c1ccco1)[C@H](O)[C@H](O)[C@H](O)[C@@H](O)CO. The van der Waals surface area contributed by atoms with Gasteiger partial charge < -0.3 is 29.9 Å². The molecule has 0 saturated carbocycles. The van der Waals surface area contributed by atoms with Gasteiger partial charge in [-0.15, -0.1) is 0 Å². The van der Waals surface area contributed by atoms with Crippen LogP contribution in [-0.4, -0.2) is 68.7 Å². The van der Waals surface area contributed by atoms with E-state index in [1.165, 1.54) is 6.26 Å². The van der Waals surface area contributed by atoms with Gasteiger partial charge in [0.2, 0.25) is 0 Å². The summed E-state index contributed by atoms with van der Waals surface area (Å²) in [5.41, 5.74) is 1.92. The van der Waals surface area contributed by atoms with E-state index in [0.29, 0.717) is 5.76 Å². The molecule has 20 heavy (non-hydrogen) atoms. The average molecular weight is 288 g/mol. The molecule has 1 aromatic heterocycles. The van der Waals surface area contributed by atoms with Gasteiger partial charge in [-0.05, 0) is 12.1 Å². The van der Waals surface area contributed by atoms with Crippen LogP contribution in [0.5, 0.6) is 0 Å². The molecule has 0 fully saturated rings. The molecule has 4 atom stereocenters. The Morgan fingerprint density at radius 1 is 1.35 bits per heavy atom. The molecule has 1 rings (SSSR count). The maximum Gasteiger partial charge on any atom is 0.271 e. The lowest BCUT2D eigenvalue weighted by Gasteiger charge is -2.24. The molecule has 0 unspecified atom stereocenters. The van der Waals surface area contributed by atoms with Crippen LogP contribution in [-0.2, 0) is 4.79 Å². The van der Waals surface area contributed by atoms with E-state index in [4.69, 9.17) is 14.6 Å². The summed E-state index contributed by atoms with van der Waals surface area (Å²) in [5.74, 6) is -0.736. The zero-order valence-electron chi connectivity index (χ0n) is 10.3. The van der Waals surface area contributed by atoms with Gasteiger partial charge in [-0.1, -0.05) is 0 Å². The first-order valence-electron chi connectivity index (χ1n) is 5.67. The standard InChI is InChI=1S/C11H16N2O7/c14-5-7(15)8(16)9(17)10(18)11(19)13-12-4-6-2-1-3-20-6/h1-4,7-10,14-18H,5H2,(H,13,19)/b12-4-/t7-,8+,9+,10+/m0/s1. The normalized spacial score (nSPS) is 17.6. The lowest BCUT2D eigenvalue weighted by atomic mass is 10.0. The maximum atomic E-state index is 11.4. The van der Waals surface area contributed by atoms with Crippen LogP contribution < -0.4 is 5.43 Å². The summed E-state index contributed by atoms with van der Waals surface area (Å²) in [6.45, 7) is -0.830. The number of carbonyl (C=O) groups excluding carboxylic acids is 1. The summed E-state index contributed by atoms with van der Waals surface area (Å²) >= 11 is 0. The van der Waals surface area contributed by atoms with Crippen LogP contribution in [0.25, 0.3) is 0 Å². The summed E-state index contributed by atoms with van der Waals surface area (Å²) in [7, 11) is 0. The van der Waals surface area contributed by atoms with Crippen LogP contribution in [0.2, 0.25) is 0 Å². The van der Waals surface area contributed by atoms with E-state index in [1.807, 2.05) is 5.43 Å². The van der Waals surface area contributed by atoms with Gasteiger partial charge in [0.1, 0.15) is 24.1 Å². The van der Waals surface area contributed by atoms with Gasteiger partial charge in [-0.25, -0.2) is 5.43 Å². The summed E-state index contributed by atoms with van der Waals surface area (Å²) in [6.07, 6.45) is -5.01. The number of furan rings is 1. The van der Waals surface area contributed by atoms with Crippen molar-refractivity contribution in [2.45, 2.75) is 24.4 Å². The Labute approximate surface area is 113 Å². The number of hydrogen-bond acceptors (Lipinski definition) is 8. The fraction of sp³-hybridized carbons (Fsp3) is 0.455. The minimum atomic E-state index is -2.03. The Kier molecular flexibility index (Phi) is 6.28. The molecular formula is C11H16N2O7. The summed E-state index contributed by atoms with van der Waals surface area (Å²) < 4.78 is 4.89. The van der Waals surface area contributed by atoms with Crippen LogP contribution in [0.1, 0.15) is 5.76 Å². The van der Waals surface area contributed by atoms with E-state index in [9.17, 15) is 20.1 Å². The van der Waals surface area contributed by atoms with Crippen LogP contribution in [0.3, 0.4) is 0 Å². The molecule has 0 radical (unpaired) electrons. The van der Waals surface area contributed by atoms with Gasteiger partial charge in [0.05, 0.1) is 19.1 Å². The highest BCUT2D eigenvalue weighted by atomic mass is 16.4. The number of carbonyl (C=O) groups is 1. The fourth-order valence-electron chi connectivity index (χ4n) is 1.27. The average Bonchev–Trinajstić information content (AvgIpc) is 2.97. The highest BCUT2D eigenvalue weighted by Gasteiger charge is 2.34. The Hall–Kier alpha value is -1.78. The Morgan fingerprint density at radius 3 is 2.60 bits per heavy atom. The van der Waals surface area contributed by atoms with Crippen molar-refractivity contribution in [2.24, 2.45) is 5.10 Å². The lowest BCUT2D eigenvalue weighted by Crippen LogP contribution is -2.50. The molecule has 0 aliphatic rings. The molecule has 0 saturated heterocycles. The van der Waals surface area contributed by atoms with Gasteiger partial charge in [0.25, 0.3) is 5.91 Å². The van der Waals surface area contributed by atoms with Crippen molar-refractivity contribution < 1.29 is 34.7 Å². The van der Waals surface area contributed by atoms with Crippen molar-refractivity contribution >= 4 is 12.1 Å². The second-order valence-electron chi connectivity index (χ2n) is 3.93. The third-order valence-corrected chi connectivity index (χ3v) is 2.43. The van der Waals surface area contributed by atoms with Crippen LogP contribution in [0.4, 0.5) is 0 Å². The maximum absolute atomic E-state index is 11.4. The molecule has 9 nitrogen and oxygen atoms in total. The molecule has 9 heteroatoms. The third kappa shape index (κ3) is 4.40. The molecule has 0 aromatic carbocycles. The van der Waals surface area contributed by atoms with Gasteiger partial charge in [0.15, 0.2) is 6.10 Å². The predicted octanol–water partition coefficient (Wildman–Crippen LogP) is -2.83. The number of nitrogens with one attached hydrogen (secondary N) is 1. The van der Waals surface area contributed by atoms with E-state index >= 15 is 0 Å². The molecule has 112 valence electrons. The van der Waals surface area contributed by atoms with Crippen molar-refractivity contribution in [1.82, 2.24) is 5.43 Å². The first-order chi connectivity index (χ1) is 9.47. The van der Waals surface area contributed by atoms with Crippen LogP contribution >= 0.6 is 0 Å². The molecule has 1 amide bonds. The number of aliphatic hydroxyl groups is 5. The number of rotatable bonds is 7. The predicted molar refractivity (Wildman–Crippen MR) is 65.6 cm³/mol. The Balaban J connectivity index is 2.49. The van der Waals surface area contributed by atoms with E-state index in [0.717, 1.165) is 6.21 Å². The third-order valence-electron chi connectivity index (χ3n) is 2.43. The van der Waals surface area contributed by atoms with Gasteiger partial charge >= 0.3 is 0 Å². The topological polar surface area (TPSA) is 156 Å². The smallest absolute Gasteiger partial charge is 0.271 e. The number of nitrogens with zero attached hydrogens (tertiary/aromatic N) is 1. The number of aliphatic hydroxyl groups excluding tert-OH is 5. The molecule has 0 bridgehead atoms. The first kappa shape index (κ1) is 16.3. The highest BCUT2D eigenvalue weighted by Crippen LogP contribution is 2.05. The van der Waals surface area contributed by atoms with Gasteiger partial charge in [-0.2, -0.15) is 5.10 Å². The molecule has 1 aromatic rings. The summed E-state index contributed by atoms with van der Waals surface area (Å²) in [6, 6.07) is 3.18. The second-order valence-corrected chi connectivity index (χ2v) is 3.93. The minimum absolute atomic E-state index is 0.357. The summed E-state index contributed by atoms with van der Waals surface area (Å²) in [4.78, 5) is 11.4. The van der Waals surface area contributed by atoms with E-state index in [1.54, 1.807) is 12.1 Å². The lowest BCUT2D eigenvalue weighted by molar-refractivity contribution is -0.148. The van der Waals surface area contributed by atoms with Gasteiger partial charge in [-0.3, -0.25) is 4.79 Å². The Morgan fingerprint density at radius 2 is 2.05 bits per heavy atom. The van der Waals surface area contributed by atoms with E-state index in [2.05, 4.69) is 5.10 Å². The first-order valence-corrected chi connectivity index (χ1v) is 5.67. The minimum Gasteiger partial charge on any atom is -0.463 e. The van der Waals surface area contributed by atoms with Crippen LogP contribution in [0, 0.1) is 0 Å². The van der Waals surface area contributed by atoms with E-state index < -0.39 is 36.9 Å². The van der Waals surface area contributed by atoms with Crippen molar-refractivity contribution in [1.29, 1.82) is 0 Å². The fourth-order valence-corrected chi connectivity index (χ4v) is 1.27. The monoisotopic (exact) mass is 288 g/mol. The molecule has 0 spiro atoms. The second kappa shape index (κ2) is 7.72. The van der Waals surface area contributed by atoms with Crippen molar-refractivity contribution in [3.05, 3.63) is 24.2 Å². The van der Waals surface area contributed by atoms with Gasteiger partial charge in [0, 0.05) is 0 Å². The molecule has 6 N–H and O–H groups in total. The zero-order chi connectivity index (χ0) is 15.1. The van der Waals surface area contributed by atoms with Crippen molar-refractivity contribution in [3.63, 3.8) is 0 Å². The number of hydrazone groups is 1. The zero-order valence-corrected chi connectivity index (χ0v) is 10.3. The van der Waals surface area contributed by atoms with E-state index in [-0.39, 0.29) is 0 Å². The highest BCUT2D eigenvalue weighted by molar-refractivity contribution is 5.83. The largest absolute Gasteiger partial charge is 0.463 e. The quantitative estimate of drug-likeness (QED) is 0.233. The molecule has 1 heterocycles. The molecular weight excluding hydrogens is 272 g/mol. The Bertz CT molecular complexity index is 434. The summed E-state index contributed by atoms with van der Waals surface area (Å²) in [5, 5.41) is 49.3.